The molecule has 2 bridgehead atoms. The Labute approximate surface area is 133 Å². The summed E-state index contributed by atoms with van der Waals surface area (Å²) in [5, 5.41) is 3.22. The minimum Gasteiger partial charge on any atom is -0.353 e. The molecular formula is C16H28N2O3S. The third kappa shape index (κ3) is 3.32. The molecule has 1 aliphatic heterocycles. The van der Waals surface area contributed by atoms with Gasteiger partial charge < -0.3 is 5.32 Å². The van der Waals surface area contributed by atoms with Gasteiger partial charge in [0.25, 0.3) is 0 Å². The number of piperidine rings is 1. The molecule has 2 saturated carbocycles. The summed E-state index contributed by atoms with van der Waals surface area (Å²) >= 11 is 0. The van der Waals surface area contributed by atoms with Crippen molar-refractivity contribution in [1.29, 1.82) is 0 Å². The van der Waals surface area contributed by atoms with Gasteiger partial charge in [-0.05, 0) is 56.8 Å². The highest BCUT2D eigenvalue weighted by Crippen LogP contribution is 2.49. The SMILES string of the molecule is C[C@H](NC(=O)C1CCN(S(C)(=O)=O)CC1)[C@@H]1C[C@@H]2CC[C@@H]1C2. The summed E-state index contributed by atoms with van der Waals surface area (Å²) in [6.07, 6.45) is 7.87. The Hall–Kier alpha value is -0.620. The predicted molar refractivity (Wildman–Crippen MR) is 85.7 cm³/mol. The smallest absolute Gasteiger partial charge is 0.223 e. The second-order valence-electron chi connectivity index (χ2n) is 7.57. The van der Waals surface area contributed by atoms with Gasteiger partial charge >= 0.3 is 0 Å². The van der Waals surface area contributed by atoms with Crippen LogP contribution >= 0.6 is 0 Å². The van der Waals surface area contributed by atoms with Crippen molar-refractivity contribution in [3.8, 4) is 0 Å². The Morgan fingerprint density at radius 1 is 1.14 bits per heavy atom. The van der Waals surface area contributed by atoms with Crippen LogP contribution in [0.1, 0.15) is 45.4 Å². The summed E-state index contributed by atoms with van der Waals surface area (Å²) in [6, 6.07) is 0.260. The topological polar surface area (TPSA) is 66.5 Å². The van der Waals surface area contributed by atoms with Gasteiger partial charge in [0.2, 0.25) is 15.9 Å². The first-order valence-corrected chi connectivity index (χ1v) is 10.4. The van der Waals surface area contributed by atoms with Crippen LogP contribution < -0.4 is 5.32 Å². The molecule has 0 radical (unpaired) electrons. The van der Waals surface area contributed by atoms with Crippen molar-refractivity contribution in [3.63, 3.8) is 0 Å². The highest BCUT2D eigenvalue weighted by atomic mass is 32.2. The molecule has 4 atom stereocenters. The molecule has 3 aliphatic rings. The van der Waals surface area contributed by atoms with Gasteiger partial charge in [0.05, 0.1) is 6.26 Å². The van der Waals surface area contributed by atoms with Crippen LogP contribution in [0.25, 0.3) is 0 Å². The molecule has 0 spiro atoms. The zero-order chi connectivity index (χ0) is 15.9. The number of amides is 1. The van der Waals surface area contributed by atoms with Crippen LogP contribution in [0.3, 0.4) is 0 Å². The van der Waals surface area contributed by atoms with Gasteiger partial charge in [-0.3, -0.25) is 4.79 Å². The molecule has 0 aromatic heterocycles. The number of nitrogens with one attached hydrogen (secondary N) is 1. The molecule has 0 aromatic carbocycles. The second-order valence-corrected chi connectivity index (χ2v) is 9.55. The fourth-order valence-electron chi connectivity index (χ4n) is 4.81. The van der Waals surface area contributed by atoms with Crippen molar-refractivity contribution in [2.24, 2.45) is 23.7 Å². The van der Waals surface area contributed by atoms with Crippen LogP contribution in [-0.2, 0) is 14.8 Å². The molecule has 22 heavy (non-hydrogen) atoms. The van der Waals surface area contributed by atoms with Gasteiger partial charge in [-0.2, -0.15) is 0 Å². The summed E-state index contributed by atoms with van der Waals surface area (Å²) in [5.41, 5.74) is 0. The van der Waals surface area contributed by atoms with E-state index < -0.39 is 10.0 Å². The van der Waals surface area contributed by atoms with Gasteiger partial charge in [-0.1, -0.05) is 6.42 Å². The lowest BCUT2D eigenvalue weighted by molar-refractivity contribution is -0.127. The lowest BCUT2D eigenvalue weighted by Crippen LogP contribution is -2.46. The number of hydrogen-bond acceptors (Lipinski definition) is 3. The third-order valence-electron chi connectivity index (χ3n) is 6.10. The number of carbonyl (C=O) groups excluding carboxylic acids is 1. The highest BCUT2D eigenvalue weighted by molar-refractivity contribution is 7.88. The molecule has 0 unspecified atom stereocenters. The Kier molecular flexibility index (Phi) is 4.52. The van der Waals surface area contributed by atoms with E-state index in [4.69, 9.17) is 0 Å². The number of nitrogens with zero attached hydrogens (tertiary/aromatic N) is 1. The van der Waals surface area contributed by atoms with Crippen molar-refractivity contribution in [1.82, 2.24) is 9.62 Å². The largest absolute Gasteiger partial charge is 0.353 e. The van der Waals surface area contributed by atoms with E-state index in [0.29, 0.717) is 31.8 Å². The molecule has 3 fully saturated rings. The van der Waals surface area contributed by atoms with E-state index in [-0.39, 0.29) is 17.9 Å². The number of fused-ring (bicyclic) bond motifs is 2. The summed E-state index contributed by atoms with van der Waals surface area (Å²) in [5.74, 6) is 2.46. The Balaban J connectivity index is 1.48. The van der Waals surface area contributed by atoms with Gasteiger partial charge in [0.15, 0.2) is 0 Å². The summed E-state index contributed by atoms with van der Waals surface area (Å²) in [4.78, 5) is 12.4. The maximum absolute atomic E-state index is 12.4. The molecule has 3 rings (SSSR count). The molecule has 2 aliphatic carbocycles. The van der Waals surface area contributed by atoms with E-state index in [0.717, 1.165) is 11.8 Å². The highest BCUT2D eigenvalue weighted by Gasteiger charge is 2.42. The fourth-order valence-corrected chi connectivity index (χ4v) is 5.68. The molecule has 5 nitrogen and oxygen atoms in total. The molecule has 1 N–H and O–H groups in total. The normalized spacial score (nSPS) is 34.7. The average Bonchev–Trinajstić information content (AvgIpc) is 3.09. The predicted octanol–water partition coefficient (Wildman–Crippen LogP) is 1.60. The van der Waals surface area contributed by atoms with Crippen LogP contribution in [0.4, 0.5) is 0 Å². The lowest BCUT2D eigenvalue weighted by atomic mass is 9.83. The Bertz CT molecular complexity index is 526. The van der Waals surface area contributed by atoms with Crippen LogP contribution in [0.15, 0.2) is 0 Å². The number of hydrogen-bond donors (Lipinski definition) is 1. The van der Waals surface area contributed by atoms with E-state index in [1.165, 1.54) is 36.2 Å². The molecule has 1 saturated heterocycles. The van der Waals surface area contributed by atoms with E-state index in [1.54, 1.807) is 0 Å². The monoisotopic (exact) mass is 328 g/mol. The first-order valence-electron chi connectivity index (χ1n) is 8.60. The molecule has 6 heteroatoms. The Morgan fingerprint density at radius 3 is 2.32 bits per heavy atom. The molecular weight excluding hydrogens is 300 g/mol. The van der Waals surface area contributed by atoms with E-state index >= 15 is 0 Å². The van der Waals surface area contributed by atoms with Crippen molar-refractivity contribution in [2.75, 3.05) is 19.3 Å². The molecule has 0 aromatic rings. The first-order chi connectivity index (χ1) is 10.3. The molecule has 1 amide bonds. The molecule has 1 heterocycles. The standard InChI is InChI=1S/C16H28N2O3S/c1-11(15-10-12-3-4-14(15)9-12)17-16(19)13-5-7-18(8-6-13)22(2,20)21/h11-15H,3-10H2,1-2H3,(H,17,19)/t11-,12+,14+,15-/m0/s1. The van der Waals surface area contributed by atoms with Gasteiger partial charge in [-0.15, -0.1) is 0 Å². The number of carbonyl (C=O) groups is 1. The van der Waals surface area contributed by atoms with Crippen LogP contribution in [0.2, 0.25) is 0 Å². The summed E-state index contributed by atoms with van der Waals surface area (Å²) < 4.78 is 24.5. The molecule has 126 valence electrons. The van der Waals surface area contributed by atoms with Crippen molar-refractivity contribution in [2.45, 2.75) is 51.5 Å². The van der Waals surface area contributed by atoms with Crippen molar-refractivity contribution < 1.29 is 13.2 Å². The van der Waals surface area contributed by atoms with Gasteiger partial charge in [0.1, 0.15) is 0 Å². The lowest BCUT2D eigenvalue weighted by Gasteiger charge is -2.32. The van der Waals surface area contributed by atoms with Gasteiger partial charge in [0, 0.05) is 25.0 Å². The quantitative estimate of drug-likeness (QED) is 0.852. The zero-order valence-electron chi connectivity index (χ0n) is 13.6. The number of sulfonamides is 1. The van der Waals surface area contributed by atoms with E-state index in [2.05, 4.69) is 12.2 Å². The van der Waals surface area contributed by atoms with Crippen molar-refractivity contribution in [3.05, 3.63) is 0 Å². The minimum atomic E-state index is -3.12. The fraction of sp³-hybridized carbons (Fsp3) is 0.938. The maximum atomic E-state index is 12.4. The zero-order valence-corrected chi connectivity index (χ0v) is 14.4. The minimum absolute atomic E-state index is 0.0287. The summed E-state index contributed by atoms with van der Waals surface area (Å²) in [6.45, 7) is 3.09. The number of rotatable bonds is 4. The second kappa shape index (κ2) is 6.11. The van der Waals surface area contributed by atoms with E-state index in [9.17, 15) is 13.2 Å². The third-order valence-corrected chi connectivity index (χ3v) is 7.40. The van der Waals surface area contributed by atoms with E-state index in [1.807, 2.05) is 0 Å². The van der Waals surface area contributed by atoms with Crippen LogP contribution in [0.5, 0.6) is 0 Å². The summed E-state index contributed by atoms with van der Waals surface area (Å²) in [7, 11) is -3.12. The van der Waals surface area contributed by atoms with Crippen molar-refractivity contribution >= 4 is 15.9 Å². The average molecular weight is 328 g/mol. The van der Waals surface area contributed by atoms with Crippen LogP contribution in [-0.4, -0.2) is 44.0 Å². The maximum Gasteiger partial charge on any atom is 0.223 e. The first kappa shape index (κ1) is 16.2. The Morgan fingerprint density at radius 2 is 1.82 bits per heavy atom. The van der Waals surface area contributed by atoms with Crippen LogP contribution in [0, 0.1) is 23.7 Å². The van der Waals surface area contributed by atoms with Gasteiger partial charge in [-0.25, -0.2) is 12.7 Å².